The van der Waals surface area contributed by atoms with E-state index in [-0.39, 0.29) is 5.56 Å². The molecule has 4 rings (SSSR count). The van der Waals surface area contributed by atoms with Crippen molar-refractivity contribution in [3.63, 3.8) is 0 Å². The van der Waals surface area contributed by atoms with Crippen molar-refractivity contribution in [1.29, 1.82) is 0 Å². The molecule has 0 radical (unpaired) electrons. The number of ether oxygens (including phenoxy) is 1. The first kappa shape index (κ1) is 18.1. The summed E-state index contributed by atoms with van der Waals surface area (Å²) >= 11 is 1.32. The first-order valence-electron chi connectivity index (χ1n) is 9.02. The van der Waals surface area contributed by atoms with Gasteiger partial charge < -0.3 is 4.74 Å². The molecule has 0 N–H and O–H groups in total. The molecule has 0 aliphatic rings. The first-order valence-corrected chi connectivity index (χ1v) is 9.83. The third-order valence-electron chi connectivity index (χ3n) is 4.21. The second-order valence-electron chi connectivity index (χ2n) is 6.30. The Labute approximate surface area is 166 Å². The van der Waals surface area contributed by atoms with Crippen LogP contribution in [0.15, 0.2) is 53.3 Å². The highest BCUT2D eigenvalue weighted by molar-refractivity contribution is 7.15. The molecular weight excluding hydrogens is 370 g/mol. The van der Waals surface area contributed by atoms with Gasteiger partial charge in [-0.25, -0.2) is 0 Å². The average Bonchev–Trinajstić information content (AvgIpc) is 3.22. The monoisotopic (exact) mass is 389 g/mol. The van der Waals surface area contributed by atoms with E-state index in [2.05, 4.69) is 29.1 Å². The van der Waals surface area contributed by atoms with E-state index in [1.54, 1.807) is 0 Å². The standard InChI is InChI=1S/C22H19N3O2S/c1-3-27-18-7-5-4-6-17(18)14-19-21(26)25-22(28-19)23-20(24-25)13-12-16-10-8-15(2)9-11-16/h4-14H,3H2,1-2H3/b13-12+,19-14-. The lowest BCUT2D eigenvalue weighted by Gasteiger charge is -2.05. The van der Waals surface area contributed by atoms with E-state index >= 15 is 0 Å². The molecule has 0 atom stereocenters. The molecule has 0 amide bonds. The molecule has 0 saturated heterocycles. The quantitative estimate of drug-likeness (QED) is 0.524. The van der Waals surface area contributed by atoms with E-state index in [9.17, 15) is 4.79 Å². The summed E-state index contributed by atoms with van der Waals surface area (Å²) < 4.78 is 7.56. The fourth-order valence-corrected chi connectivity index (χ4v) is 3.70. The van der Waals surface area contributed by atoms with E-state index < -0.39 is 0 Å². The zero-order valence-corrected chi connectivity index (χ0v) is 16.4. The lowest BCUT2D eigenvalue weighted by Crippen LogP contribution is -2.23. The number of hydrogen-bond donors (Lipinski definition) is 0. The Morgan fingerprint density at radius 2 is 1.89 bits per heavy atom. The van der Waals surface area contributed by atoms with E-state index in [1.807, 2.05) is 61.5 Å². The molecule has 0 aliphatic carbocycles. The number of fused-ring (bicyclic) bond motifs is 1. The van der Waals surface area contributed by atoms with Gasteiger partial charge in [0.2, 0.25) is 4.96 Å². The van der Waals surface area contributed by atoms with E-state index in [0.717, 1.165) is 16.9 Å². The number of rotatable bonds is 5. The molecule has 0 saturated carbocycles. The minimum absolute atomic E-state index is 0.172. The second-order valence-corrected chi connectivity index (χ2v) is 7.30. The molecular formula is C22H19N3O2S. The van der Waals surface area contributed by atoms with Gasteiger partial charge in [-0.2, -0.15) is 9.50 Å². The summed E-state index contributed by atoms with van der Waals surface area (Å²) in [6.45, 7) is 4.56. The number of aryl methyl sites for hydroxylation is 1. The van der Waals surface area contributed by atoms with Crippen LogP contribution in [-0.2, 0) is 0 Å². The van der Waals surface area contributed by atoms with Crippen molar-refractivity contribution in [3.8, 4) is 5.75 Å². The second kappa shape index (κ2) is 7.78. The lowest BCUT2D eigenvalue weighted by molar-refractivity contribution is 0.339. The number of benzene rings is 2. The van der Waals surface area contributed by atoms with Crippen molar-refractivity contribution in [1.82, 2.24) is 14.6 Å². The molecule has 0 aliphatic heterocycles. The molecule has 0 unspecified atom stereocenters. The summed E-state index contributed by atoms with van der Waals surface area (Å²) in [6.07, 6.45) is 5.59. The highest BCUT2D eigenvalue weighted by atomic mass is 32.1. The number of hydrogen-bond acceptors (Lipinski definition) is 5. The van der Waals surface area contributed by atoms with Crippen LogP contribution in [0.25, 0.3) is 23.2 Å². The Bertz CT molecular complexity index is 1250. The molecule has 0 bridgehead atoms. The third kappa shape index (κ3) is 3.73. The van der Waals surface area contributed by atoms with E-state index in [4.69, 9.17) is 4.74 Å². The van der Waals surface area contributed by atoms with Crippen LogP contribution in [-0.4, -0.2) is 21.2 Å². The lowest BCUT2D eigenvalue weighted by atomic mass is 10.1. The van der Waals surface area contributed by atoms with Gasteiger partial charge in [-0.3, -0.25) is 4.79 Å². The van der Waals surface area contributed by atoms with Crippen molar-refractivity contribution in [2.45, 2.75) is 13.8 Å². The van der Waals surface area contributed by atoms with Crippen LogP contribution in [0.2, 0.25) is 0 Å². The van der Waals surface area contributed by atoms with Crippen LogP contribution >= 0.6 is 11.3 Å². The highest BCUT2D eigenvalue weighted by Gasteiger charge is 2.09. The maximum absolute atomic E-state index is 12.7. The van der Waals surface area contributed by atoms with Gasteiger partial charge in [-0.05, 0) is 37.6 Å². The van der Waals surface area contributed by atoms with Crippen LogP contribution in [0.3, 0.4) is 0 Å². The molecule has 5 nitrogen and oxygen atoms in total. The van der Waals surface area contributed by atoms with Gasteiger partial charge >= 0.3 is 0 Å². The predicted molar refractivity (Wildman–Crippen MR) is 114 cm³/mol. The maximum atomic E-state index is 12.7. The summed E-state index contributed by atoms with van der Waals surface area (Å²) in [5.41, 5.74) is 2.97. The van der Waals surface area contributed by atoms with Crippen molar-refractivity contribution in [2.24, 2.45) is 0 Å². The van der Waals surface area contributed by atoms with Crippen LogP contribution < -0.4 is 14.8 Å². The van der Waals surface area contributed by atoms with Gasteiger partial charge in [0.25, 0.3) is 5.56 Å². The Morgan fingerprint density at radius 1 is 1.11 bits per heavy atom. The number of thiazole rings is 1. The maximum Gasteiger partial charge on any atom is 0.291 e. The van der Waals surface area contributed by atoms with Gasteiger partial charge in [-0.1, -0.05) is 65.4 Å². The molecule has 2 heterocycles. The Hall–Kier alpha value is -3.25. The Morgan fingerprint density at radius 3 is 2.64 bits per heavy atom. The normalized spacial score (nSPS) is 12.3. The van der Waals surface area contributed by atoms with Crippen molar-refractivity contribution < 1.29 is 4.74 Å². The summed E-state index contributed by atoms with van der Waals surface area (Å²) in [5, 5.41) is 4.33. The van der Waals surface area contributed by atoms with Crippen LogP contribution in [0.5, 0.6) is 5.75 Å². The molecule has 2 aromatic heterocycles. The number of aromatic nitrogens is 3. The fourth-order valence-electron chi connectivity index (χ4n) is 2.80. The van der Waals surface area contributed by atoms with Crippen molar-refractivity contribution in [2.75, 3.05) is 6.61 Å². The van der Waals surface area contributed by atoms with Crippen LogP contribution in [0, 0.1) is 6.92 Å². The minimum atomic E-state index is -0.172. The van der Waals surface area contributed by atoms with Gasteiger partial charge in [-0.15, -0.1) is 5.10 Å². The third-order valence-corrected chi connectivity index (χ3v) is 5.17. The minimum Gasteiger partial charge on any atom is -0.493 e. The molecule has 0 spiro atoms. The molecule has 140 valence electrons. The van der Waals surface area contributed by atoms with Gasteiger partial charge in [0.1, 0.15) is 5.75 Å². The predicted octanol–water partition coefficient (Wildman–Crippen LogP) is 3.58. The van der Waals surface area contributed by atoms with Gasteiger partial charge in [0.05, 0.1) is 11.1 Å². The summed E-state index contributed by atoms with van der Waals surface area (Å²) in [4.78, 5) is 17.7. The zero-order valence-electron chi connectivity index (χ0n) is 15.6. The molecule has 2 aromatic carbocycles. The molecule has 6 heteroatoms. The number of para-hydroxylation sites is 1. The molecule has 28 heavy (non-hydrogen) atoms. The topological polar surface area (TPSA) is 56.5 Å². The van der Waals surface area contributed by atoms with Crippen molar-refractivity contribution >= 4 is 34.5 Å². The SMILES string of the molecule is CCOc1ccccc1/C=c1\sc2nc(/C=C/c3ccc(C)cc3)nn2c1=O. The van der Waals surface area contributed by atoms with Crippen LogP contribution in [0.1, 0.15) is 29.4 Å². The summed E-state index contributed by atoms with van der Waals surface area (Å²) in [7, 11) is 0. The van der Waals surface area contributed by atoms with E-state index in [0.29, 0.717) is 21.9 Å². The van der Waals surface area contributed by atoms with Gasteiger partial charge in [0.15, 0.2) is 5.82 Å². The average molecular weight is 389 g/mol. The number of nitrogens with zero attached hydrogens (tertiary/aromatic N) is 3. The Kier molecular flexibility index (Phi) is 5.04. The summed E-state index contributed by atoms with van der Waals surface area (Å²) in [6, 6.07) is 15.8. The van der Waals surface area contributed by atoms with Gasteiger partial charge in [0, 0.05) is 5.56 Å². The van der Waals surface area contributed by atoms with E-state index in [1.165, 1.54) is 21.4 Å². The molecule has 4 aromatic rings. The smallest absolute Gasteiger partial charge is 0.291 e. The van der Waals surface area contributed by atoms with Crippen molar-refractivity contribution in [3.05, 3.63) is 85.9 Å². The Balaban J connectivity index is 1.67. The molecule has 0 fully saturated rings. The summed E-state index contributed by atoms with van der Waals surface area (Å²) in [5.74, 6) is 1.27. The first-order chi connectivity index (χ1) is 13.6. The fraction of sp³-hybridized carbons (Fsp3) is 0.136. The van der Waals surface area contributed by atoms with Crippen LogP contribution in [0.4, 0.5) is 0 Å². The zero-order chi connectivity index (χ0) is 19.5. The highest BCUT2D eigenvalue weighted by Crippen LogP contribution is 2.18. The largest absolute Gasteiger partial charge is 0.493 e.